The van der Waals surface area contributed by atoms with E-state index in [1.54, 1.807) is 6.92 Å². The lowest BCUT2D eigenvalue weighted by Crippen LogP contribution is -2.47. The highest BCUT2D eigenvalue weighted by Gasteiger charge is 2.42. The molecule has 27 heavy (non-hydrogen) atoms. The van der Waals surface area contributed by atoms with Crippen LogP contribution in [0.4, 0.5) is 4.39 Å². The first kappa shape index (κ1) is 20.2. The standard InChI is InChI=1S/C18H25FN2O5S/c1-3-13(2)20-17(22)15-12-14(4-5-16(15)19)27(23,24)21-8-6-18(7-9-21)25-10-11-26-18/h4-5,12-13H,3,6-11H2,1-2H3,(H,20,22). The van der Waals surface area contributed by atoms with E-state index in [0.717, 1.165) is 12.1 Å². The van der Waals surface area contributed by atoms with Gasteiger partial charge in [-0.25, -0.2) is 12.8 Å². The Bertz CT molecular complexity index is 798. The third kappa shape index (κ3) is 4.16. The van der Waals surface area contributed by atoms with E-state index in [0.29, 0.717) is 32.5 Å². The summed E-state index contributed by atoms with van der Waals surface area (Å²) >= 11 is 0. The molecule has 0 radical (unpaired) electrons. The van der Waals surface area contributed by atoms with Crippen LogP contribution in [0.25, 0.3) is 0 Å². The summed E-state index contributed by atoms with van der Waals surface area (Å²) in [5.74, 6) is -2.06. The summed E-state index contributed by atoms with van der Waals surface area (Å²) in [6, 6.07) is 3.18. The summed E-state index contributed by atoms with van der Waals surface area (Å²) in [4.78, 5) is 12.2. The van der Waals surface area contributed by atoms with E-state index in [4.69, 9.17) is 9.47 Å². The topological polar surface area (TPSA) is 84.9 Å². The summed E-state index contributed by atoms with van der Waals surface area (Å²) in [5, 5.41) is 2.66. The van der Waals surface area contributed by atoms with E-state index in [9.17, 15) is 17.6 Å². The number of nitrogens with zero attached hydrogens (tertiary/aromatic N) is 1. The first-order chi connectivity index (χ1) is 12.8. The minimum Gasteiger partial charge on any atom is -0.350 e. The molecular weight excluding hydrogens is 375 g/mol. The highest BCUT2D eigenvalue weighted by molar-refractivity contribution is 7.89. The number of carbonyl (C=O) groups excluding carboxylic acids is 1. The minimum atomic E-state index is -3.84. The molecule has 2 saturated heterocycles. The maximum Gasteiger partial charge on any atom is 0.254 e. The third-order valence-corrected chi connectivity index (χ3v) is 7.00. The molecule has 2 heterocycles. The molecule has 1 N–H and O–H groups in total. The van der Waals surface area contributed by atoms with Crippen LogP contribution in [0, 0.1) is 5.82 Å². The number of hydrogen-bond acceptors (Lipinski definition) is 5. The number of sulfonamides is 1. The SMILES string of the molecule is CCC(C)NC(=O)c1cc(S(=O)(=O)N2CCC3(CC2)OCCO3)ccc1F. The van der Waals surface area contributed by atoms with Gasteiger partial charge >= 0.3 is 0 Å². The summed E-state index contributed by atoms with van der Waals surface area (Å²) in [5.41, 5.74) is -0.271. The van der Waals surface area contributed by atoms with Gasteiger partial charge in [-0.1, -0.05) is 6.92 Å². The zero-order valence-corrected chi connectivity index (χ0v) is 16.4. The van der Waals surface area contributed by atoms with Gasteiger partial charge < -0.3 is 14.8 Å². The van der Waals surface area contributed by atoms with Crippen molar-refractivity contribution in [2.24, 2.45) is 0 Å². The van der Waals surface area contributed by atoms with Gasteiger partial charge in [0.1, 0.15) is 5.82 Å². The molecule has 2 aliphatic rings. The van der Waals surface area contributed by atoms with Gasteiger partial charge in [0, 0.05) is 32.0 Å². The number of nitrogens with one attached hydrogen (secondary N) is 1. The number of carbonyl (C=O) groups is 1. The van der Waals surface area contributed by atoms with Gasteiger partial charge in [-0.3, -0.25) is 4.79 Å². The normalized spacial score (nSPS) is 21.3. The molecule has 1 atom stereocenters. The Labute approximate surface area is 158 Å². The second kappa shape index (κ2) is 7.83. The molecule has 0 aromatic heterocycles. The maximum absolute atomic E-state index is 14.1. The van der Waals surface area contributed by atoms with E-state index < -0.39 is 27.5 Å². The van der Waals surface area contributed by atoms with Gasteiger partial charge in [0.25, 0.3) is 5.91 Å². The largest absolute Gasteiger partial charge is 0.350 e. The molecule has 0 bridgehead atoms. The first-order valence-electron chi connectivity index (χ1n) is 9.16. The molecule has 9 heteroatoms. The Morgan fingerprint density at radius 2 is 1.93 bits per heavy atom. The number of benzene rings is 1. The average molecular weight is 400 g/mol. The monoisotopic (exact) mass is 400 g/mol. The van der Waals surface area contributed by atoms with Crippen molar-refractivity contribution in [3.8, 4) is 0 Å². The number of halogens is 1. The van der Waals surface area contributed by atoms with Gasteiger partial charge in [-0.15, -0.1) is 0 Å². The van der Waals surface area contributed by atoms with Crippen molar-refractivity contribution in [1.29, 1.82) is 0 Å². The van der Waals surface area contributed by atoms with Gasteiger partial charge in [-0.05, 0) is 31.5 Å². The molecule has 3 rings (SSSR count). The molecule has 0 aliphatic carbocycles. The molecule has 7 nitrogen and oxygen atoms in total. The first-order valence-corrected chi connectivity index (χ1v) is 10.6. The van der Waals surface area contributed by atoms with E-state index >= 15 is 0 Å². The van der Waals surface area contributed by atoms with Crippen molar-refractivity contribution < 1.29 is 27.1 Å². The lowest BCUT2D eigenvalue weighted by Gasteiger charge is -2.36. The smallest absolute Gasteiger partial charge is 0.254 e. The van der Waals surface area contributed by atoms with E-state index in [-0.39, 0.29) is 29.6 Å². The van der Waals surface area contributed by atoms with Crippen molar-refractivity contribution >= 4 is 15.9 Å². The molecule has 150 valence electrons. The third-order valence-electron chi connectivity index (χ3n) is 5.11. The highest BCUT2D eigenvalue weighted by atomic mass is 32.2. The van der Waals surface area contributed by atoms with Gasteiger partial charge in [0.15, 0.2) is 5.79 Å². The highest BCUT2D eigenvalue weighted by Crippen LogP contribution is 2.33. The zero-order valence-electron chi connectivity index (χ0n) is 15.5. The van der Waals surface area contributed by atoms with Crippen LogP contribution in [0.1, 0.15) is 43.5 Å². The van der Waals surface area contributed by atoms with Crippen LogP contribution in [-0.2, 0) is 19.5 Å². The molecule has 1 aromatic carbocycles. The average Bonchev–Trinajstić information content (AvgIpc) is 3.10. The molecular formula is C18H25FN2O5S. The molecule has 2 aliphatic heterocycles. The van der Waals surface area contributed by atoms with Gasteiger partial charge in [-0.2, -0.15) is 4.31 Å². The van der Waals surface area contributed by atoms with Crippen molar-refractivity contribution in [2.75, 3.05) is 26.3 Å². The lowest BCUT2D eigenvalue weighted by molar-refractivity contribution is -0.179. The minimum absolute atomic E-state index is 0.0950. The second-order valence-corrected chi connectivity index (χ2v) is 8.87. The van der Waals surface area contributed by atoms with Gasteiger partial charge in [0.2, 0.25) is 10.0 Å². The zero-order chi connectivity index (χ0) is 19.7. The van der Waals surface area contributed by atoms with Crippen LogP contribution in [0.15, 0.2) is 23.1 Å². The van der Waals surface area contributed by atoms with Crippen molar-refractivity contribution in [1.82, 2.24) is 9.62 Å². The maximum atomic E-state index is 14.1. The summed E-state index contributed by atoms with van der Waals surface area (Å²) in [7, 11) is -3.84. The number of amides is 1. The number of rotatable bonds is 5. The summed E-state index contributed by atoms with van der Waals surface area (Å²) < 4.78 is 52.6. The second-order valence-electron chi connectivity index (χ2n) is 6.94. The fourth-order valence-corrected chi connectivity index (χ4v) is 4.71. The van der Waals surface area contributed by atoms with Crippen LogP contribution in [0.2, 0.25) is 0 Å². The lowest BCUT2D eigenvalue weighted by atomic mass is 10.1. The molecule has 2 fully saturated rings. The van der Waals surface area contributed by atoms with Crippen molar-refractivity contribution in [3.05, 3.63) is 29.6 Å². The van der Waals surface area contributed by atoms with Crippen LogP contribution in [0.3, 0.4) is 0 Å². The Hall–Kier alpha value is -1.55. The molecule has 0 saturated carbocycles. The fraction of sp³-hybridized carbons (Fsp3) is 0.611. The van der Waals surface area contributed by atoms with Crippen LogP contribution < -0.4 is 5.32 Å². The predicted octanol–water partition coefficient (Wildman–Crippen LogP) is 1.88. The molecule has 1 unspecified atom stereocenters. The molecule has 1 spiro atoms. The van der Waals surface area contributed by atoms with Crippen LogP contribution in [-0.4, -0.2) is 56.8 Å². The quantitative estimate of drug-likeness (QED) is 0.816. The van der Waals surface area contributed by atoms with Gasteiger partial charge in [0.05, 0.1) is 23.7 Å². The van der Waals surface area contributed by atoms with Crippen molar-refractivity contribution in [3.63, 3.8) is 0 Å². The molecule has 1 aromatic rings. The Morgan fingerprint density at radius 1 is 1.30 bits per heavy atom. The van der Waals surface area contributed by atoms with E-state index in [1.807, 2.05) is 6.92 Å². The van der Waals surface area contributed by atoms with Crippen LogP contribution in [0.5, 0.6) is 0 Å². The Balaban J connectivity index is 1.78. The Kier molecular flexibility index (Phi) is 5.85. The summed E-state index contributed by atoms with van der Waals surface area (Å²) in [6.45, 7) is 5.21. The number of hydrogen-bond donors (Lipinski definition) is 1. The summed E-state index contributed by atoms with van der Waals surface area (Å²) in [6.07, 6.45) is 1.56. The molecule has 1 amide bonds. The van der Waals surface area contributed by atoms with Crippen molar-refractivity contribution in [2.45, 2.75) is 49.8 Å². The van der Waals surface area contributed by atoms with E-state index in [2.05, 4.69) is 5.32 Å². The van der Waals surface area contributed by atoms with E-state index in [1.165, 1.54) is 10.4 Å². The number of ether oxygens (including phenoxy) is 2. The number of piperidine rings is 1. The fourth-order valence-electron chi connectivity index (χ4n) is 3.24. The Morgan fingerprint density at radius 3 is 2.52 bits per heavy atom. The predicted molar refractivity (Wildman–Crippen MR) is 96.2 cm³/mol. The van der Waals surface area contributed by atoms with Crippen LogP contribution >= 0.6 is 0 Å².